The molecule has 1 amide bonds. The normalized spacial score (nSPS) is 16.8. The molecule has 110 valence electrons. The summed E-state index contributed by atoms with van der Waals surface area (Å²) in [6.45, 7) is 0.652. The second kappa shape index (κ2) is 7.42. The predicted octanol–water partition coefficient (Wildman–Crippen LogP) is 1.37. The smallest absolute Gasteiger partial charge is 0.292 e. The van der Waals surface area contributed by atoms with Gasteiger partial charge in [-0.25, -0.2) is 8.78 Å². The van der Waals surface area contributed by atoms with Crippen LogP contribution in [-0.4, -0.2) is 33.1 Å². The molecule has 1 saturated heterocycles. The zero-order chi connectivity index (χ0) is 15.1. The highest BCUT2D eigenvalue weighted by atomic mass is 19.1. The van der Waals surface area contributed by atoms with Gasteiger partial charge in [-0.1, -0.05) is 0 Å². The summed E-state index contributed by atoms with van der Waals surface area (Å²) >= 11 is 0. The zero-order valence-corrected chi connectivity index (χ0v) is 11.1. The number of carbonyl (C=O) groups excluding carboxylic acids is 2. The lowest BCUT2D eigenvalue weighted by Gasteiger charge is -2.11. The highest BCUT2D eigenvalue weighted by Gasteiger charge is 2.28. The van der Waals surface area contributed by atoms with Crippen molar-refractivity contribution in [3.63, 3.8) is 0 Å². The molecule has 2 rings (SSSR count). The Labute approximate surface area is 114 Å². The molecule has 0 radical (unpaired) electrons. The van der Waals surface area contributed by atoms with Crippen LogP contribution >= 0.6 is 0 Å². The fourth-order valence-electron chi connectivity index (χ4n) is 1.88. The van der Waals surface area contributed by atoms with E-state index < -0.39 is 17.6 Å². The van der Waals surface area contributed by atoms with Gasteiger partial charge in [-0.2, -0.15) is 0 Å². The van der Waals surface area contributed by atoms with Gasteiger partial charge < -0.3 is 14.8 Å². The fourth-order valence-corrected chi connectivity index (χ4v) is 1.88. The van der Waals surface area contributed by atoms with E-state index in [1.165, 1.54) is 14.2 Å². The number of hydrogen-bond donors (Lipinski definition) is 1. The lowest BCUT2D eigenvalue weighted by molar-refractivity contribution is -0.126. The van der Waals surface area contributed by atoms with Crippen LogP contribution in [-0.2, 0) is 14.3 Å². The lowest BCUT2D eigenvalue weighted by Crippen LogP contribution is -2.14. The monoisotopic (exact) mass is 287 g/mol. The van der Waals surface area contributed by atoms with Crippen molar-refractivity contribution >= 4 is 12.4 Å². The van der Waals surface area contributed by atoms with Crippen molar-refractivity contribution in [2.45, 2.75) is 12.3 Å². The Morgan fingerprint density at radius 2 is 1.85 bits per heavy atom. The van der Waals surface area contributed by atoms with Crippen LogP contribution in [0.5, 0.6) is 5.75 Å². The van der Waals surface area contributed by atoms with Crippen molar-refractivity contribution < 1.29 is 27.8 Å². The van der Waals surface area contributed by atoms with Crippen LogP contribution < -0.4 is 10.1 Å². The van der Waals surface area contributed by atoms with Gasteiger partial charge in [-0.05, 0) is 0 Å². The van der Waals surface area contributed by atoms with E-state index in [0.717, 1.165) is 12.1 Å². The molecule has 0 unspecified atom stereocenters. The third-order valence-electron chi connectivity index (χ3n) is 2.77. The zero-order valence-electron chi connectivity index (χ0n) is 11.1. The fraction of sp³-hybridized carbons (Fsp3) is 0.385. The molecule has 1 aliphatic rings. The minimum absolute atomic E-state index is 0.0425. The summed E-state index contributed by atoms with van der Waals surface area (Å²) in [6, 6.07) is 2.25. The standard InChI is InChI=1S/C11H11F2NO2.C2H4O2/c1-16-7-3-8(12)11(9(13)4-7)6-2-10(15)14-5-6;1-4-2-3/h3-4,6H,2,5H2,1H3,(H,14,15);2H,1H3/t6-;/m0./s1. The Bertz CT molecular complexity index is 470. The van der Waals surface area contributed by atoms with E-state index in [-0.39, 0.29) is 30.2 Å². The number of amides is 1. The number of rotatable bonds is 3. The number of carbonyl (C=O) groups is 2. The summed E-state index contributed by atoms with van der Waals surface area (Å²) in [5, 5.41) is 2.55. The molecular formula is C13H15F2NO4. The highest BCUT2D eigenvalue weighted by Crippen LogP contribution is 2.30. The number of halogens is 2. The summed E-state index contributed by atoms with van der Waals surface area (Å²) in [7, 11) is 2.65. The minimum Gasteiger partial charge on any atom is -0.497 e. The average molecular weight is 287 g/mol. The minimum atomic E-state index is -0.668. The van der Waals surface area contributed by atoms with Crippen molar-refractivity contribution in [2.75, 3.05) is 20.8 Å². The largest absolute Gasteiger partial charge is 0.497 e. The van der Waals surface area contributed by atoms with Crippen LogP contribution in [0.3, 0.4) is 0 Å². The van der Waals surface area contributed by atoms with Gasteiger partial charge in [0.25, 0.3) is 6.47 Å². The topological polar surface area (TPSA) is 64.6 Å². The van der Waals surface area contributed by atoms with Crippen LogP contribution in [0.1, 0.15) is 17.9 Å². The lowest BCUT2D eigenvalue weighted by atomic mass is 9.97. The molecule has 1 aromatic carbocycles. The molecule has 0 aliphatic carbocycles. The molecule has 0 spiro atoms. The van der Waals surface area contributed by atoms with E-state index in [2.05, 4.69) is 10.1 Å². The van der Waals surface area contributed by atoms with Gasteiger partial charge in [0, 0.05) is 36.6 Å². The van der Waals surface area contributed by atoms with Crippen molar-refractivity contribution in [2.24, 2.45) is 0 Å². The maximum Gasteiger partial charge on any atom is 0.292 e. The first-order chi connectivity index (χ1) is 9.53. The Morgan fingerprint density at radius 1 is 1.30 bits per heavy atom. The quantitative estimate of drug-likeness (QED) is 0.853. The van der Waals surface area contributed by atoms with E-state index in [4.69, 9.17) is 9.53 Å². The van der Waals surface area contributed by atoms with Crippen LogP contribution in [0.25, 0.3) is 0 Å². The van der Waals surface area contributed by atoms with Crippen LogP contribution in [0.15, 0.2) is 12.1 Å². The third-order valence-corrected chi connectivity index (χ3v) is 2.77. The van der Waals surface area contributed by atoms with Gasteiger partial charge in [-0.3, -0.25) is 9.59 Å². The summed E-state index contributed by atoms with van der Waals surface area (Å²) in [6.07, 6.45) is 0.125. The van der Waals surface area contributed by atoms with Gasteiger partial charge >= 0.3 is 0 Å². The molecule has 1 aromatic rings. The molecule has 0 bridgehead atoms. The number of methoxy groups -OCH3 is 2. The molecule has 20 heavy (non-hydrogen) atoms. The van der Waals surface area contributed by atoms with Crippen molar-refractivity contribution in [3.8, 4) is 5.75 Å². The number of ether oxygens (including phenoxy) is 2. The molecule has 1 atom stereocenters. The molecule has 0 aromatic heterocycles. The highest BCUT2D eigenvalue weighted by molar-refractivity contribution is 5.79. The Balaban J connectivity index is 0.000000444. The third kappa shape index (κ3) is 3.91. The Morgan fingerprint density at radius 3 is 2.20 bits per heavy atom. The van der Waals surface area contributed by atoms with E-state index in [1.54, 1.807) is 0 Å². The van der Waals surface area contributed by atoms with E-state index in [1.807, 2.05) is 0 Å². The van der Waals surface area contributed by atoms with Crippen molar-refractivity contribution in [1.82, 2.24) is 5.32 Å². The van der Waals surface area contributed by atoms with Crippen LogP contribution in [0, 0.1) is 11.6 Å². The molecule has 1 heterocycles. The molecule has 1 fully saturated rings. The molecular weight excluding hydrogens is 272 g/mol. The molecule has 1 N–H and O–H groups in total. The van der Waals surface area contributed by atoms with Crippen molar-refractivity contribution in [3.05, 3.63) is 29.3 Å². The maximum absolute atomic E-state index is 13.6. The van der Waals surface area contributed by atoms with Gasteiger partial charge in [0.1, 0.15) is 17.4 Å². The van der Waals surface area contributed by atoms with Gasteiger partial charge in [0.15, 0.2) is 0 Å². The maximum atomic E-state index is 13.6. The van der Waals surface area contributed by atoms with E-state index in [0.29, 0.717) is 6.47 Å². The van der Waals surface area contributed by atoms with Gasteiger partial charge in [-0.15, -0.1) is 0 Å². The Kier molecular flexibility index (Phi) is 5.89. The summed E-state index contributed by atoms with van der Waals surface area (Å²) in [4.78, 5) is 19.9. The molecule has 1 aliphatic heterocycles. The summed E-state index contributed by atoms with van der Waals surface area (Å²) < 4.78 is 35.8. The van der Waals surface area contributed by atoms with E-state index >= 15 is 0 Å². The molecule has 0 saturated carbocycles. The number of nitrogens with one attached hydrogen (secondary N) is 1. The first-order valence-corrected chi connectivity index (χ1v) is 5.79. The predicted molar refractivity (Wildman–Crippen MR) is 66.4 cm³/mol. The number of benzene rings is 1. The molecule has 5 nitrogen and oxygen atoms in total. The van der Waals surface area contributed by atoms with Crippen molar-refractivity contribution in [1.29, 1.82) is 0 Å². The number of hydrogen-bond acceptors (Lipinski definition) is 4. The van der Waals surface area contributed by atoms with E-state index in [9.17, 15) is 13.6 Å². The average Bonchev–Trinajstić information content (AvgIpc) is 2.84. The van der Waals surface area contributed by atoms with Gasteiger partial charge in [0.2, 0.25) is 5.91 Å². The van der Waals surface area contributed by atoms with Gasteiger partial charge in [0.05, 0.1) is 14.2 Å². The summed E-state index contributed by atoms with van der Waals surface area (Å²) in [5.41, 5.74) is -0.0425. The first kappa shape index (κ1) is 15.9. The van der Waals surface area contributed by atoms with Crippen LogP contribution in [0.4, 0.5) is 8.78 Å². The molecule has 7 heteroatoms. The van der Waals surface area contributed by atoms with Crippen LogP contribution in [0.2, 0.25) is 0 Å². The summed E-state index contributed by atoms with van der Waals surface area (Å²) in [5.74, 6) is -1.81. The second-order valence-electron chi connectivity index (χ2n) is 4.04. The first-order valence-electron chi connectivity index (χ1n) is 5.79. The second-order valence-corrected chi connectivity index (χ2v) is 4.04. The Hall–Kier alpha value is -2.18. The SMILES string of the molecule is COC=O.COc1cc(F)c([C@@H]2CNC(=O)C2)c(F)c1.